The third-order valence-corrected chi connectivity index (χ3v) is 4.96. The van der Waals surface area contributed by atoms with Crippen LogP contribution in [0.3, 0.4) is 0 Å². The van der Waals surface area contributed by atoms with Gasteiger partial charge in [-0.3, -0.25) is 14.6 Å². The number of carbonyl (C=O) groups excluding carboxylic acids is 2. The van der Waals surface area contributed by atoms with Crippen LogP contribution in [0.25, 0.3) is 0 Å². The van der Waals surface area contributed by atoms with Crippen molar-refractivity contribution in [2.45, 2.75) is 91.3 Å². The summed E-state index contributed by atoms with van der Waals surface area (Å²) in [6.07, 6.45) is 3.80. The van der Waals surface area contributed by atoms with Gasteiger partial charge < -0.3 is 14.6 Å². The second-order valence-electron chi connectivity index (χ2n) is 8.50. The standard InChI is InChI=1S/C22H37N3O8/c1-16(2)8-4-6-14-32-18(27)10-12-24-20(29)23-21(30)25(22(24)31)13-11-19(28)33-15-7-5-9-17(3)26/h16-17,26H,4-15H2,1-3H3,(H,23,29,30). The molecule has 11 heteroatoms. The maximum atomic E-state index is 12.5. The van der Waals surface area contributed by atoms with E-state index in [9.17, 15) is 29.1 Å². The van der Waals surface area contributed by atoms with Gasteiger partial charge in [-0.05, 0) is 44.9 Å². The van der Waals surface area contributed by atoms with E-state index in [1.807, 2.05) is 4.98 Å². The summed E-state index contributed by atoms with van der Waals surface area (Å²) in [6.45, 7) is 5.86. The summed E-state index contributed by atoms with van der Waals surface area (Å²) < 4.78 is 11.6. The number of hydrogen-bond acceptors (Lipinski definition) is 8. The Kier molecular flexibility index (Phi) is 13.1. The van der Waals surface area contributed by atoms with Gasteiger partial charge in [0, 0.05) is 13.1 Å². The summed E-state index contributed by atoms with van der Waals surface area (Å²) in [5, 5.41) is 9.19. The number of aliphatic hydroxyl groups is 1. The lowest BCUT2D eigenvalue weighted by Gasteiger charge is -2.10. The molecule has 0 saturated carbocycles. The molecule has 1 heterocycles. The Hall–Kier alpha value is -2.69. The van der Waals surface area contributed by atoms with E-state index < -0.39 is 35.1 Å². The van der Waals surface area contributed by atoms with Gasteiger partial charge in [-0.15, -0.1) is 0 Å². The number of nitrogens with zero attached hydrogens (tertiary/aromatic N) is 2. The molecule has 0 aliphatic rings. The average Bonchev–Trinajstić information content (AvgIpc) is 2.72. The van der Waals surface area contributed by atoms with Crippen molar-refractivity contribution in [2.24, 2.45) is 5.92 Å². The van der Waals surface area contributed by atoms with Gasteiger partial charge in [0.2, 0.25) is 0 Å². The van der Waals surface area contributed by atoms with Crippen molar-refractivity contribution >= 4 is 11.9 Å². The Bertz CT molecular complexity index is 844. The van der Waals surface area contributed by atoms with E-state index in [2.05, 4.69) is 13.8 Å². The lowest BCUT2D eigenvalue weighted by molar-refractivity contribution is -0.144. The molecular weight excluding hydrogens is 434 g/mol. The van der Waals surface area contributed by atoms with E-state index in [4.69, 9.17) is 9.47 Å². The van der Waals surface area contributed by atoms with Gasteiger partial charge in [0.1, 0.15) is 0 Å². The minimum Gasteiger partial charge on any atom is -0.466 e. The Morgan fingerprint density at radius 2 is 1.27 bits per heavy atom. The molecule has 0 bridgehead atoms. The third kappa shape index (κ3) is 11.7. The second kappa shape index (κ2) is 15.2. The zero-order valence-electron chi connectivity index (χ0n) is 19.8. The molecule has 2 N–H and O–H groups in total. The van der Waals surface area contributed by atoms with E-state index >= 15 is 0 Å². The van der Waals surface area contributed by atoms with Gasteiger partial charge in [0.15, 0.2) is 0 Å². The SMILES string of the molecule is CC(C)CCCCOC(=O)CCn1c(=O)[nH]c(=O)n(CCC(=O)OCCCCC(C)O)c1=O. The first-order chi connectivity index (χ1) is 15.6. The van der Waals surface area contributed by atoms with Crippen LogP contribution in [0, 0.1) is 5.92 Å². The number of nitrogens with one attached hydrogen (secondary N) is 1. The van der Waals surface area contributed by atoms with E-state index in [-0.39, 0.29) is 39.1 Å². The fourth-order valence-electron chi connectivity index (χ4n) is 3.06. The number of aromatic amines is 1. The van der Waals surface area contributed by atoms with Crippen molar-refractivity contribution in [3.8, 4) is 0 Å². The average molecular weight is 472 g/mol. The fourth-order valence-corrected chi connectivity index (χ4v) is 3.06. The van der Waals surface area contributed by atoms with Crippen molar-refractivity contribution in [3.05, 3.63) is 31.5 Å². The van der Waals surface area contributed by atoms with Crippen molar-refractivity contribution < 1.29 is 24.2 Å². The molecule has 0 aliphatic carbocycles. The van der Waals surface area contributed by atoms with Crippen molar-refractivity contribution in [1.29, 1.82) is 0 Å². The molecular formula is C22H37N3O8. The summed E-state index contributed by atoms with van der Waals surface area (Å²) in [5.41, 5.74) is -2.76. The van der Waals surface area contributed by atoms with Gasteiger partial charge in [-0.1, -0.05) is 20.3 Å². The molecule has 188 valence electrons. The van der Waals surface area contributed by atoms with Crippen LogP contribution in [0.4, 0.5) is 0 Å². The normalized spacial score (nSPS) is 12.0. The van der Waals surface area contributed by atoms with Gasteiger partial charge in [0.25, 0.3) is 0 Å². The van der Waals surface area contributed by atoms with Crippen LogP contribution in [0.5, 0.6) is 0 Å². The maximum absolute atomic E-state index is 12.5. The molecule has 1 rings (SSSR count). The molecule has 1 aromatic rings. The number of ether oxygens (including phenoxy) is 2. The van der Waals surface area contributed by atoms with Gasteiger partial charge in [0.05, 0.1) is 32.2 Å². The number of H-pyrrole nitrogens is 1. The number of hydrogen-bond donors (Lipinski definition) is 2. The lowest BCUT2D eigenvalue weighted by Crippen LogP contribution is -2.49. The largest absolute Gasteiger partial charge is 0.466 e. The summed E-state index contributed by atoms with van der Waals surface area (Å²) in [7, 11) is 0. The van der Waals surface area contributed by atoms with E-state index in [1.54, 1.807) is 6.92 Å². The maximum Gasteiger partial charge on any atom is 0.336 e. The van der Waals surface area contributed by atoms with Crippen LogP contribution in [0.2, 0.25) is 0 Å². The molecule has 33 heavy (non-hydrogen) atoms. The Morgan fingerprint density at radius 3 is 1.70 bits per heavy atom. The molecule has 1 aromatic heterocycles. The first-order valence-corrected chi connectivity index (χ1v) is 11.5. The molecule has 0 spiro atoms. The van der Waals surface area contributed by atoms with E-state index in [1.165, 1.54) is 0 Å². The minimum atomic E-state index is -0.932. The minimum absolute atomic E-state index is 0.176. The molecule has 11 nitrogen and oxygen atoms in total. The lowest BCUT2D eigenvalue weighted by atomic mass is 10.1. The number of esters is 2. The number of rotatable bonds is 16. The third-order valence-electron chi connectivity index (χ3n) is 4.96. The summed E-state index contributed by atoms with van der Waals surface area (Å²) in [4.78, 5) is 62.3. The van der Waals surface area contributed by atoms with Crippen LogP contribution in [-0.4, -0.2) is 50.5 Å². The zero-order chi connectivity index (χ0) is 24.8. The monoisotopic (exact) mass is 471 g/mol. The van der Waals surface area contributed by atoms with Crippen LogP contribution in [-0.2, 0) is 32.2 Å². The Morgan fingerprint density at radius 1 is 0.818 bits per heavy atom. The molecule has 1 unspecified atom stereocenters. The smallest absolute Gasteiger partial charge is 0.336 e. The highest BCUT2D eigenvalue weighted by molar-refractivity contribution is 5.69. The van der Waals surface area contributed by atoms with Crippen LogP contribution in [0.1, 0.15) is 72.1 Å². The number of aromatic nitrogens is 3. The summed E-state index contributed by atoms with van der Waals surface area (Å²) >= 11 is 0. The predicted octanol–water partition coefficient (Wildman–Crippen LogP) is 0.942. The fraction of sp³-hybridized carbons (Fsp3) is 0.773. The number of aliphatic hydroxyl groups excluding tert-OH is 1. The molecule has 0 amide bonds. The molecule has 0 aromatic carbocycles. The first kappa shape index (κ1) is 28.3. The zero-order valence-corrected chi connectivity index (χ0v) is 19.8. The predicted molar refractivity (Wildman–Crippen MR) is 121 cm³/mol. The molecule has 1 atom stereocenters. The molecule has 0 radical (unpaired) electrons. The Balaban J connectivity index is 2.55. The van der Waals surface area contributed by atoms with Crippen molar-refractivity contribution in [1.82, 2.24) is 14.1 Å². The topological polar surface area (TPSA) is 150 Å². The Labute approximate surface area is 192 Å². The summed E-state index contributed by atoms with van der Waals surface area (Å²) in [6, 6.07) is 0. The quantitative estimate of drug-likeness (QED) is 0.267. The van der Waals surface area contributed by atoms with Gasteiger partial charge in [-0.25, -0.2) is 23.5 Å². The van der Waals surface area contributed by atoms with E-state index in [0.717, 1.165) is 28.4 Å². The summed E-state index contributed by atoms with van der Waals surface area (Å²) in [5.74, 6) is -0.544. The van der Waals surface area contributed by atoms with Crippen LogP contribution < -0.4 is 17.1 Å². The van der Waals surface area contributed by atoms with Crippen LogP contribution >= 0.6 is 0 Å². The number of unbranched alkanes of at least 4 members (excludes halogenated alkanes) is 2. The van der Waals surface area contributed by atoms with Crippen LogP contribution in [0.15, 0.2) is 14.4 Å². The molecule has 0 aliphatic heterocycles. The van der Waals surface area contributed by atoms with Gasteiger partial charge in [-0.2, -0.15) is 0 Å². The number of carbonyl (C=O) groups is 2. The molecule has 0 fully saturated rings. The van der Waals surface area contributed by atoms with Crippen molar-refractivity contribution in [2.75, 3.05) is 13.2 Å². The second-order valence-corrected chi connectivity index (χ2v) is 8.50. The first-order valence-electron chi connectivity index (χ1n) is 11.5. The van der Waals surface area contributed by atoms with Crippen molar-refractivity contribution in [3.63, 3.8) is 0 Å². The highest BCUT2D eigenvalue weighted by Crippen LogP contribution is 2.06. The highest BCUT2D eigenvalue weighted by Gasteiger charge is 2.14. The highest BCUT2D eigenvalue weighted by atomic mass is 16.5. The van der Waals surface area contributed by atoms with Gasteiger partial charge >= 0.3 is 29.0 Å². The molecule has 0 saturated heterocycles. The van der Waals surface area contributed by atoms with E-state index in [0.29, 0.717) is 25.2 Å².